The Kier molecular flexibility index (Phi) is 10.2. The van der Waals surface area contributed by atoms with E-state index < -0.39 is 32.3 Å². The third kappa shape index (κ3) is 7.02. The van der Waals surface area contributed by atoms with Crippen molar-refractivity contribution in [2.75, 3.05) is 0 Å². The number of hydrogen-bond acceptors (Lipinski definition) is 8. The number of hydrogen-bond donors (Lipinski definition) is 2. The first-order valence-electron chi connectivity index (χ1n) is 6.82. The van der Waals surface area contributed by atoms with Crippen molar-refractivity contribution >= 4 is 30.8 Å². The normalized spacial score (nSPS) is 14.6. The molecule has 26 heavy (non-hydrogen) atoms. The molecule has 0 aliphatic rings. The van der Waals surface area contributed by atoms with Crippen LogP contribution in [0.4, 0.5) is 0 Å². The molecule has 0 aromatic carbocycles. The molecular formula is C12H18ClN4NaO6S2. The van der Waals surface area contributed by atoms with E-state index in [0.29, 0.717) is 11.4 Å². The summed E-state index contributed by atoms with van der Waals surface area (Å²) in [5.74, 6) is 0. The molecule has 0 spiro atoms. The van der Waals surface area contributed by atoms with Crippen LogP contribution in [0.25, 0.3) is 0 Å². The summed E-state index contributed by atoms with van der Waals surface area (Å²) in [5.41, 5.74) is 0.883. The molecule has 10 nitrogen and oxygen atoms in total. The van der Waals surface area contributed by atoms with Crippen LogP contribution >= 0.6 is 10.7 Å². The van der Waals surface area contributed by atoms with E-state index in [0.717, 1.165) is 0 Å². The van der Waals surface area contributed by atoms with Crippen LogP contribution in [0.15, 0.2) is 22.2 Å². The average Bonchev–Trinajstić information content (AvgIpc) is 3.02. The Morgan fingerprint density at radius 2 is 1.54 bits per heavy atom. The molecule has 3 unspecified atom stereocenters. The number of aromatic nitrogens is 4. The number of nitrogens with zero attached hydrogens (tertiary/aromatic N) is 4. The predicted octanol–water partition coefficient (Wildman–Crippen LogP) is -2.88. The van der Waals surface area contributed by atoms with Gasteiger partial charge in [-0.05, 0) is 31.0 Å². The smallest absolute Gasteiger partial charge is 0.767 e. The van der Waals surface area contributed by atoms with Crippen molar-refractivity contribution < 1.29 is 56.9 Å². The number of aryl methyl sites for hydroxylation is 2. The number of rotatable bonds is 4. The minimum absolute atomic E-state index is 0. The molecule has 0 saturated carbocycles. The maximum Gasteiger partial charge on any atom is 1.00 e. The summed E-state index contributed by atoms with van der Waals surface area (Å²) in [6.07, 6.45) is -1.48. The van der Waals surface area contributed by atoms with E-state index in [1.54, 1.807) is 14.0 Å². The second-order valence-corrected chi connectivity index (χ2v) is 8.49. The van der Waals surface area contributed by atoms with Crippen LogP contribution in [0.1, 0.15) is 37.4 Å². The van der Waals surface area contributed by atoms with Gasteiger partial charge in [0.25, 0.3) is 9.05 Å². The molecule has 0 aliphatic heterocycles. The molecule has 0 fully saturated rings. The Bertz CT molecular complexity index is 865. The molecule has 2 aromatic rings. The van der Waals surface area contributed by atoms with Crippen molar-refractivity contribution in [2.45, 2.75) is 36.1 Å². The summed E-state index contributed by atoms with van der Waals surface area (Å²) in [6, 6.07) is 2.58. The third-order valence-corrected chi connectivity index (χ3v) is 4.78. The maximum absolute atomic E-state index is 10.8. The van der Waals surface area contributed by atoms with Gasteiger partial charge < -0.3 is 14.8 Å². The maximum atomic E-state index is 10.8. The van der Waals surface area contributed by atoms with Gasteiger partial charge in [0.2, 0.25) is 0 Å². The van der Waals surface area contributed by atoms with Gasteiger partial charge in [0.1, 0.15) is 5.03 Å². The Labute approximate surface area is 180 Å². The molecule has 142 valence electrons. The van der Waals surface area contributed by atoms with Crippen LogP contribution in [0.3, 0.4) is 0 Å². The molecule has 0 amide bonds. The fourth-order valence-corrected chi connectivity index (χ4v) is 3.01. The molecule has 2 rings (SSSR count). The van der Waals surface area contributed by atoms with Crippen LogP contribution in [-0.4, -0.2) is 47.0 Å². The zero-order valence-corrected chi connectivity index (χ0v) is 19.2. The van der Waals surface area contributed by atoms with E-state index in [9.17, 15) is 22.3 Å². The Morgan fingerprint density at radius 1 is 1.12 bits per heavy atom. The molecular weight excluding hydrogens is 419 g/mol. The van der Waals surface area contributed by atoms with Gasteiger partial charge in [-0.3, -0.25) is 13.6 Å². The van der Waals surface area contributed by atoms with E-state index >= 15 is 0 Å². The Balaban J connectivity index is 0.000000464. The van der Waals surface area contributed by atoms with Crippen LogP contribution in [0, 0.1) is 0 Å². The zero-order valence-electron chi connectivity index (χ0n) is 14.8. The topological polar surface area (TPSA) is 150 Å². The van der Waals surface area contributed by atoms with E-state index in [1.807, 2.05) is 0 Å². The average molecular weight is 437 g/mol. The Hall–Kier alpha value is -0.310. The first-order valence-corrected chi connectivity index (χ1v) is 10.2. The van der Waals surface area contributed by atoms with Crippen molar-refractivity contribution in [3.63, 3.8) is 0 Å². The van der Waals surface area contributed by atoms with Crippen LogP contribution in [0.2, 0.25) is 0 Å². The number of aliphatic hydroxyl groups excluding tert-OH is 2. The molecule has 0 aliphatic carbocycles. The van der Waals surface area contributed by atoms with Gasteiger partial charge in [-0.1, -0.05) is 0 Å². The first-order chi connectivity index (χ1) is 11.3. The Morgan fingerprint density at radius 3 is 1.77 bits per heavy atom. The molecule has 2 N–H and O–H groups in total. The molecule has 3 atom stereocenters. The van der Waals surface area contributed by atoms with Crippen molar-refractivity contribution in [3.05, 3.63) is 23.5 Å². The second kappa shape index (κ2) is 10.3. The summed E-state index contributed by atoms with van der Waals surface area (Å²) >= 11 is -2.33. The SMILES string of the molecule is CC(O)c1cc(S(=O)(=O)Cl)nn1C.CC(O)c1cc(S(=O)[O-])nn1C.[Na+]. The van der Waals surface area contributed by atoms with E-state index in [1.165, 1.54) is 35.5 Å². The molecule has 0 saturated heterocycles. The van der Waals surface area contributed by atoms with E-state index in [2.05, 4.69) is 10.2 Å². The van der Waals surface area contributed by atoms with Gasteiger partial charge in [-0.25, -0.2) is 8.42 Å². The molecule has 2 heterocycles. The van der Waals surface area contributed by atoms with Crippen LogP contribution < -0.4 is 29.6 Å². The van der Waals surface area contributed by atoms with Crippen LogP contribution in [-0.2, 0) is 34.2 Å². The summed E-state index contributed by atoms with van der Waals surface area (Å²) in [6.45, 7) is 3.07. The largest absolute Gasteiger partial charge is 1.00 e. The summed E-state index contributed by atoms with van der Waals surface area (Å²) in [4.78, 5) is 0. The monoisotopic (exact) mass is 436 g/mol. The molecule has 14 heteroatoms. The predicted molar refractivity (Wildman–Crippen MR) is 87.9 cm³/mol. The third-order valence-electron chi connectivity index (χ3n) is 3.06. The number of aliphatic hydroxyl groups is 2. The van der Waals surface area contributed by atoms with Crippen molar-refractivity contribution in [3.8, 4) is 0 Å². The summed E-state index contributed by atoms with van der Waals surface area (Å²) < 4.78 is 45.1. The molecule has 0 radical (unpaired) electrons. The van der Waals surface area contributed by atoms with Crippen molar-refractivity contribution in [1.82, 2.24) is 19.6 Å². The van der Waals surface area contributed by atoms with E-state index in [4.69, 9.17) is 15.8 Å². The van der Waals surface area contributed by atoms with Gasteiger partial charge in [-0.15, -0.1) is 0 Å². The fraction of sp³-hybridized carbons (Fsp3) is 0.500. The van der Waals surface area contributed by atoms with Crippen molar-refractivity contribution in [1.29, 1.82) is 0 Å². The first kappa shape index (κ1) is 25.7. The van der Waals surface area contributed by atoms with Gasteiger partial charge in [0, 0.05) is 30.8 Å². The molecule has 2 aromatic heterocycles. The van der Waals surface area contributed by atoms with Gasteiger partial charge >= 0.3 is 29.6 Å². The minimum atomic E-state index is -3.81. The minimum Gasteiger partial charge on any atom is -0.767 e. The van der Waals surface area contributed by atoms with Crippen molar-refractivity contribution in [2.24, 2.45) is 14.1 Å². The van der Waals surface area contributed by atoms with Crippen LogP contribution in [0.5, 0.6) is 0 Å². The zero-order chi connectivity index (χ0) is 19.5. The molecule has 0 bridgehead atoms. The fourth-order valence-electron chi connectivity index (χ4n) is 1.89. The van der Waals surface area contributed by atoms with Gasteiger partial charge in [0.15, 0.2) is 5.03 Å². The van der Waals surface area contributed by atoms with Gasteiger partial charge in [-0.2, -0.15) is 10.2 Å². The summed E-state index contributed by atoms with van der Waals surface area (Å²) in [7, 11) is 4.37. The van der Waals surface area contributed by atoms with Gasteiger partial charge in [0.05, 0.1) is 23.6 Å². The van der Waals surface area contributed by atoms with E-state index in [-0.39, 0.29) is 39.6 Å². The standard InChI is InChI=1S/C6H9ClN2O3S.C6H10N2O3S.Na/c1-4(10)5-3-6(8-9(5)2)13(7,11)12;1-4(9)5-3-6(12(10)11)7-8(5)2;/h3-4,10H,1-2H3;3-4,9H,1-2H3,(H,10,11);/q;;+1/p-1. The quantitative estimate of drug-likeness (QED) is 0.294. The summed E-state index contributed by atoms with van der Waals surface area (Å²) in [5, 5.41) is 25.3. The number of halogens is 1. The second-order valence-electron chi connectivity index (χ2n) is 5.09.